The van der Waals surface area contributed by atoms with Gasteiger partial charge in [0.2, 0.25) is 0 Å². The summed E-state index contributed by atoms with van der Waals surface area (Å²) in [4.78, 5) is 17.1. The zero-order chi connectivity index (χ0) is 19.5. The van der Waals surface area contributed by atoms with Crippen molar-refractivity contribution in [1.29, 1.82) is 0 Å². The Morgan fingerprint density at radius 3 is 2.36 bits per heavy atom. The first-order chi connectivity index (χ1) is 13.6. The van der Waals surface area contributed by atoms with Crippen LogP contribution in [0.15, 0.2) is 36.4 Å². The first kappa shape index (κ1) is 18.7. The maximum atomic E-state index is 13.5. The number of halogens is 2. The number of hydrogen-bond acceptors (Lipinski definition) is 4. The second-order valence-electron chi connectivity index (χ2n) is 7.08. The Kier molecular flexibility index (Phi) is 5.43. The maximum absolute atomic E-state index is 13.5. The fourth-order valence-electron chi connectivity index (χ4n) is 3.71. The van der Waals surface area contributed by atoms with Gasteiger partial charge in [-0.2, -0.15) is 0 Å². The Labute approximate surface area is 162 Å². The van der Waals surface area contributed by atoms with Gasteiger partial charge in [0, 0.05) is 37.4 Å². The molecule has 0 saturated carbocycles. The van der Waals surface area contributed by atoms with Crippen LogP contribution in [0.3, 0.4) is 0 Å². The minimum absolute atomic E-state index is 0.0819. The summed E-state index contributed by atoms with van der Waals surface area (Å²) >= 11 is 0. The van der Waals surface area contributed by atoms with E-state index in [-0.39, 0.29) is 5.56 Å². The lowest BCUT2D eigenvalue weighted by Crippen LogP contribution is -2.36. The fraction of sp³-hybridized carbons (Fsp3) is 0.381. The molecule has 5 nitrogen and oxygen atoms in total. The van der Waals surface area contributed by atoms with Crippen LogP contribution in [0.5, 0.6) is 0 Å². The van der Waals surface area contributed by atoms with Gasteiger partial charge in [-0.25, -0.2) is 8.78 Å². The highest BCUT2D eigenvalue weighted by Crippen LogP contribution is 2.33. The molecule has 0 atom stereocenters. The monoisotopic (exact) mass is 387 g/mol. The van der Waals surface area contributed by atoms with E-state index in [1.165, 1.54) is 6.07 Å². The van der Waals surface area contributed by atoms with Crippen molar-refractivity contribution < 1.29 is 18.3 Å². The minimum Gasteiger partial charge on any atom is -0.378 e. The van der Waals surface area contributed by atoms with Crippen molar-refractivity contribution in [3.8, 4) is 0 Å². The predicted octanol–water partition coefficient (Wildman–Crippen LogP) is 3.65. The Balaban J connectivity index is 1.64. The molecular formula is C21H23F2N3O2. The molecule has 0 aliphatic carbocycles. The van der Waals surface area contributed by atoms with E-state index in [9.17, 15) is 13.6 Å². The van der Waals surface area contributed by atoms with Gasteiger partial charge in [-0.15, -0.1) is 0 Å². The zero-order valence-electron chi connectivity index (χ0n) is 15.6. The van der Waals surface area contributed by atoms with Crippen LogP contribution in [0.4, 0.5) is 25.8 Å². The Bertz CT molecular complexity index is 863. The summed E-state index contributed by atoms with van der Waals surface area (Å²) in [5, 5.41) is 2.90. The Hall–Kier alpha value is -2.67. The van der Waals surface area contributed by atoms with Crippen molar-refractivity contribution in [2.24, 2.45) is 0 Å². The van der Waals surface area contributed by atoms with Crippen molar-refractivity contribution in [2.75, 3.05) is 54.5 Å². The van der Waals surface area contributed by atoms with E-state index in [2.05, 4.69) is 21.2 Å². The number of nitrogens with zero attached hydrogens (tertiary/aromatic N) is 2. The van der Waals surface area contributed by atoms with E-state index >= 15 is 0 Å². The Morgan fingerprint density at radius 2 is 1.64 bits per heavy atom. The summed E-state index contributed by atoms with van der Waals surface area (Å²) < 4.78 is 32.2. The van der Waals surface area contributed by atoms with Gasteiger partial charge in [0.05, 0.1) is 24.6 Å². The Morgan fingerprint density at radius 1 is 0.893 bits per heavy atom. The third kappa shape index (κ3) is 3.94. The van der Waals surface area contributed by atoms with Gasteiger partial charge in [0.1, 0.15) is 0 Å². The number of amides is 1. The SMILES string of the molecule is O=C(Nc1cc(N2CCCC2)ccc1N1CCOCC1)c1ccc(F)c(F)c1. The quantitative estimate of drug-likeness (QED) is 0.870. The molecular weight excluding hydrogens is 364 g/mol. The second kappa shape index (κ2) is 8.14. The largest absolute Gasteiger partial charge is 0.378 e. The third-order valence-electron chi connectivity index (χ3n) is 5.23. The molecule has 1 amide bonds. The molecule has 2 saturated heterocycles. The van der Waals surface area contributed by atoms with Crippen molar-refractivity contribution in [2.45, 2.75) is 12.8 Å². The number of nitrogens with one attached hydrogen (secondary N) is 1. The topological polar surface area (TPSA) is 44.8 Å². The number of rotatable bonds is 4. The summed E-state index contributed by atoms with van der Waals surface area (Å²) in [5.74, 6) is -2.47. The lowest BCUT2D eigenvalue weighted by Gasteiger charge is -2.31. The van der Waals surface area contributed by atoms with E-state index < -0.39 is 17.5 Å². The first-order valence-electron chi connectivity index (χ1n) is 9.60. The highest BCUT2D eigenvalue weighted by atomic mass is 19.2. The number of ether oxygens (including phenoxy) is 1. The van der Waals surface area contributed by atoms with Gasteiger partial charge >= 0.3 is 0 Å². The third-order valence-corrected chi connectivity index (χ3v) is 5.23. The molecule has 2 aliphatic heterocycles. The van der Waals surface area contributed by atoms with Crippen LogP contribution in [0, 0.1) is 11.6 Å². The summed E-state index contributed by atoms with van der Waals surface area (Å²) in [5.41, 5.74) is 2.71. The highest BCUT2D eigenvalue weighted by molar-refractivity contribution is 6.06. The van der Waals surface area contributed by atoms with Gasteiger partial charge in [0.15, 0.2) is 11.6 Å². The molecule has 2 aliphatic rings. The molecule has 28 heavy (non-hydrogen) atoms. The van der Waals surface area contributed by atoms with Crippen LogP contribution in [0.25, 0.3) is 0 Å². The zero-order valence-corrected chi connectivity index (χ0v) is 15.6. The van der Waals surface area contributed by atoms with E-state index in [1.54, 1.807) is 0 Å². The normalized spacial score (nSPS) is 17.1. The van der Waals surface area contributed by atoms with Gasteiger partial charge in [0.25, 0.3) is 5.91 Å². The molecule has 2 aromatic rings. The van der Waals surface area contributed by atoms with Crippen molar-refractivity contribution in [1.82, 2.24) is 0 Å². The molecule has 0 radical (unpaired) electrons. The molecule has 0 aromatic heterocycles. The standard InChI is InChI=1S/C21H23F2N3O2/c22-17-5-3-15(13-18(17)23)21(27)24-19-14-16(25-7-1-2-8-25)4-6-20(19)26-9-11-28-12-10-26/h3-6,13-14H,1-2,7-12H2,(H,24,27). The van der Waals surface area contributed by atoms with Crippen LogP contribution < -0.4 is 15.1 Å². The van der Waals surface area contributed by atoms with Crippen molar-refractivity contribution in [3.05, 3.63) is 53.6 Å². The van der Waals surface area contributed by atoms with E-state index in [0.717, 1.165) is 62.5 Å². The smallest absolute Gasteiger partial charge is 0.255 e. The molecule has 0 unspecified atom stereocenters. The van der Waals surface area contributed by atoms with Gasteiger partial charge in [-0.3, -0.25) is 4.79 Å². The van der Waals surface area contributed by atoms with Crippen LogP contribution in [-0.2, 0) is 4.74 Å². The number of benzene rings is 2. The number of carbonyl (C=O) groups excluding carboxylic acids is 1. The molecule has 7 heteroatoms. The molecule has 1 N–H and O–H groups in total. The summed E-state index contributed by atoms with van der Waals surface area (Å²) in [6, 6.07) is 9.22. The molecule has 2 fully saturated rings. The molecule has 0 spiro atoms. The first-order valence-corrected chi connectivity index (χ1v) is 9.60. The van der Waals surface area contributed by atoms with Gasteiger partial charge in [-0.1, -0.05) is 0 Å². The molecule has 2 heterocycles. The maximum Gasteiger partial charge on any atom is 0.255 e. The van der Waals surface area contributed by atoms with Crippen molar-refractivity contribution >= 4 is 23.0 Å². The molecule has 2 aromatic carbocycles. The average Bonchev–Trinajstić information content (AvgIpc) is 3.25. The summed E-state index contributed by atoms with van der Waals surface area (Å²) in [7, 11) is 0. The number of morpholine rings is 1. The molecule has 0 bridgehead atoms. The second-order valence-corrected chi connectivity index (χ2v) is 7.08. The van der Waals surface area contributed by atoms with Crippen LogP contribution in [-0.4, -0.2) is 45.3 Å². The van der Waals surface area contributed by atoms with Crippen LogP contribution in [0.2, 0.25) is 0 Å². The van der Waals surface area contributed by atoms with Gasteiger partial charge in [-0.05, 0) is 49.2 Å². The molecule has 4 rings (SSSR count). The van der Waals surface area contributed by atoms with Crippen LogP contribution in [0.1, 0.15) is 23.2 Å². The minimum atomic E-state index is -1.04. The van der Waals surface area contributed by atoms with Crippen LogP contribution >= 0.6 is 0 Å². The fourth-order valence-corrected chi connectivity index (χ4v) is 3.71. The van der Waals surface area contributed by atoms with Gasteiger partial charge < -0.3 is 19.9 Å². The summed E-state index contributed by atoms with van der Waals surface area (Å²) in [6.45, 7) is 4.71. The van der Waals surface area contributed by atoms with E-state index in [0.29, 0.717) is 18.9 Å². The number of hydrogen-bond donors (Lipinski definition) is 1. The predicted molar refractivity (Wildman–Crippen MR) is 105 cm³/mol. The van der Waals surface area contributed by atoms with E-state index in [4.69, 9.17) is 4.74 Å². The lowest BCUT2D eigenvalue weighted by atomic mass is 10.1. The highest BCUT2D eigenvalue weighted by Gasteiger charge is 2.20. The van der Waals surface area contributed by atoms with Crippen molar-refractivity contribution in [3.63, 3.8) is 0 Å². The summed E-state index contributed by atoms with van der Waals surface area (Å²) in [6.07, 6.45) is 2.31. The average molecular weight is 387 g/mol. The number of carbonyl (C=O) groups is 1. The number of anilines is 3. The van der Waals surface area contributed by atoms with E-state index in [1.807, 2.05) is 12.1 Å². The lowest BCUT2D eigenvalue weighted by molar-refractivity contribution is 0.102. The molecule has 148 valence electrons.